The average molecular weight is 510 g/mol. The number of carbonyl (C=O) groups is 2. The van der Waals surface area contributed by atoms with Gasteiger partial charge < -0.3 is 21.1 Å². The average Bonchev–Trinajstić information content (AvgIpc) is 2.87. The van der Waals surface area contributed by atoms with Crippen LogP contribution in [0.15, 0.2) is 78.0 Å². The second-order valence-electron chi connectivity index (χ2n) is 7.36. The van der Waals surface area contributed by atoms with Gasteiger partial charge in [0.25, 0.3) is 0 Å². The van der Waals surface area contributed by atoms with Crippen molar-refractivity contribution in [2.24, 2.45) is 5.73 Å². The zero-order chi connectivity index (χ0) is 24.9. The number of aromatic nitrogens is 1. The van der Waals surface area contributed by atoms with E-state index in [2.05, 4.69) is 15.6 Å². The molecule has 0 aliphatic carbocycles. The summed E-state index contributed by atoms with van der Waals surface area (Å²) in [6.07, 6.45) is 3.00. The summed E-state index contributed by atoms with van der Waals surface area (Å²) in [4.78, 5) is 28.5. The van der Waals surface area contributed by atoms with Crippen molar-refractivity contribution in [1.82, 2.24) is 10.3 Å². The summed E-state index contributed by atoms with van der Waals surface area (Å²) in [5.41, 5.74) is 7.29. The first kappa shape index (κ1) is 26.1. The van der Waals surface area contributed by atoms with Crippen molar-refractivity contribution >= 4 is 45.0 Å². The summed E-state index contributed by atoms with van der Waals surface area (Å²) >= 11 is 0. The Labute approximate surface area is 212 Å². The SMILES string of the molecule is N=C(N)c1ccc(OC(=O)c2ccc(NCCCNC(=O)CCSSc3ccccn3)cc2)cc1. The van der Waals surface area contributed by atoms with Crippen LogP contribution in [0.1, 0.15) is 28.8 Å². The Morgan fingerprint density at radius 1 is 0.971 bits per heavy atom. The molecular weight excluding hydrogens is 482 g/mol. The van der Waals surface area contributed by atoms with Gasteiger partial charge in [-0.25, -0.2) is 9.78 Å². The fraction of sp³-hybridized carbons (Fsp3) is 0.200. The summed E-state index contributed by atoms with van der Waals surface area (Å²) in [6.45, 7) is 1.29. The van der Waals surface area contributed by atoms with Crippen LogP contribution in [0.3, 0.4) is 0 Å². The molecular formula is C25H27N5O3S2. The van der Waals surface area contributed by atoms with Crippen LogP contribution in [0, 0.1) is 5.41 Å². The van der Waals surface area contributed by atoms with Crippen molar-refractivity contribution in [3.8, 4) is 5.75 Å². The number of nitrogens with one attached hydrogen (secondary N) is 3. The minimum Gasteiger partial charge on any atom is -0.423 e. The molecule has 5 N–H and O–H groups in total. The van der Waals surface area contributed by atoms with Gasteiger partial charge in [-0.3, -0.25) is 10.2 Å². The van der Waals surface area contributed by atoms with Gasteiger partial charge in [0.1, 0.15) is 16.6 Å². The third-order valence-corrected chi connectivity index (χ3v) is 6.96. The molecule has 8 nitrogen and oxygen atoms in total. The van der Waals surface area contributed by atoms with Gasteiger partial charge >= 0.3 is 5.97 Å². The first-order valence-electron chi connectivity index (χ1n) is 11.0. The van der Waals surface area contributed by atoms with E-state index in [9.17, 15) is 9.59 Å². The highest BCUT2D eigenvalue weighted by molar-refractivity contribution is 8.76. The van der Waals surface area contributed by atoms with Crippen LogP contribution in [0.2, 0.25) is 0 Å². The van der Waals surface area contributed by atoms with Crippen LogP contribution in [0.25, 0.3) is 0 Å². The number of nitrogens with zero attached hydrogens (tertiary/aromatic N) is 1. The van der Waals surface area contributed by atoms with Crippen LogP contribution in [0.4, 0.5) is 5.69 Å². The minimum absolute atomic E-state index is 0.0397. The quantitative estimate of drug-likeness (QED) is 0.0669. The third-order valence-electron chi connectivity index (χ3n) is 4.70. The van der Waals surface area contributed by atoms with Crippen LogP contribution in [-0.2, 0) is 4.79 Å². The Bertz CT molecular complexity index is 1110. The molecule has 0 saturated heterocycles. The van der Waals surface area contributed by atoms with E-state index in [4.69, 9.17) is 15.9 Å². The molecule has 0 fully saturated rings. The standard InChI is InChI=1S/C25H27N5O3S2/c26-24(27)18-7-11-21(12-8-18)33-25(32)19-5-9-20(10-6-19)28-15-3-16-29-22(31)13-17-34-35-23-4-1-2-14-30-23/h1-2,4-12,14,28H,3,13,15-17H2,(H3,26,27)(H,29,31). The minimum atomic E-state index is -0.466. The van der Waals surface area contributed by atoms with E-state index < -0.39 is 5.97 Å². The number of esters is 1. The summed E-state index contributed by atoms with van der Waals surface area (Å²) in [5, 5.41) is 14.5. The first-order chi connectivity index (χ1) is 17.0. The predicted octanol–water partition coefficient (Wildman–Crippen LogP) is 4.33. The number of hydrogen-bond donors (Lipinski definition) is 4. The van der Waals surface area contributed by atoms with Gasteiger partial charge in [0.05, 0.1) is 5.56 Å². The van der Waals surface area contributed by atoms with Crippen molar-refractivity contribution in [3.63, 3.8) is 0 Å². The Morgan fingerprint density at radius 2 is 1.71 bits per heavy atom. The second kappa shape index (κ2) is 14.0. The Hall–Kier alpha value is -3.50. The van der Waals surface area contributed by atoms with Crippen molar-refractivity contribution in [1.29, 1.82) is 5.41 Å². The third kappa shape index (κ3) is 9.34. The lowest BCUT2D eigenvalue weighted by atomic mass is 10.2. The van der Waals surface area contributed by atoms with Crippen LogP contribution >= 0.6 is 21.6 Å². The highest BCUT2D eigenvalue weighted by Crippen LogP contribution is 2.29. The molecule has 0 bridgehead atoms. The van der Waals surface area contributed by atoms with Crippen molar-refractivity contribution < 1.29 is 14.3 Å². The number of amides is 1. The maximum absolute atomic E-state index is 12.3. The number of carbonyl (C=O) groups excluding carboxylic acids is 2. The molecule has 182 valence electrons. The van der Waals surface area contributed by atoms with Crippen LogP contribution in [0.5, 0.6) is 5.75 Å². The van der Waals surface area contributed by atoms with E-state index in [1.807, 2.05) is 30.3 Å². The van der Waals surface area contributed by atoms with E-state index in [0.717, 1.165) is 22.9 Å². The molecule has 3 aromatic rings. The summed E-state index contributed by atoms with van der Waals surface area (Å²) < 4.78 is 5.35. The molecule has 0 unspecified atom stereocenters. The number of ether oxygens (including phenoxy) is 1. The molecule has 0 radical (unpaired) electrons. The number of nitrogen functional groups attached to an aromatic ring is 1. The maximum atomic E-state index is 12.3. The van der Waals surface area contributed by atoms with E-state index in [1.54, 1.807) is 64.2 Å². The molecule has 0 atom stereocenters. The molecule has 0 saturated carbocycles. The van der Waals surface area contributed by atoms with Gasteiger partial charge in [0, 0.05) is 42.7 Å². The number of pyridine rings is 1. The van der Waals surface area contributed by atoms with Crippen molar-refractivity contribution in [3.05, 3.63) is 84.1 Å². The number of amidine groups is 1. The highest BCUT2D eigenvalue weighted by atomic mass is 33.1. The molecule has 1 heterocycles. The first-order valence-corrected chi connectivity index (χ1v) is 13.3. The molecule has 0 aliphatic rings. The van der Waals surface area contributed by atoms with E-state index >= 15 is 0 Å². The lowest BCUT2D eigenvalue weighted by molar-refractivity contribution is -0.120. The van der Waals surface area contributed by atoms with Gasteiger partial charge in [-0.15, -0.1) is 0 Å². The zero-order valence-electron chi connectivity index (χ0n) is 19.0. The normalized spacial score (nSPS) is 10.4. The molecule has 0 spiro atoms. The highest BCUT2D eigenvalue weighted by Gasteiger charge is 2.09. The number of rotatable bonds is 13. The molecule has 1 aromatic heterocycles. The number of hydrogen-bond acceptors (Lipinski definition) is 8. The fourth-order valence-electron chi connectivity index (χ4n) is 2.86. The van der Waals surface area contributed by atoms with E-state index in [-0.39, 0.29) is 11.7 Å². The van der Waals surface area contributed by atoms with Gasteiger partial charge in [-0.2, -0.15) is 0 Å². The number of anilines is 1. The fourth-order valence-corrected chi connectivity index (χ4v) is 4.73. The largest absolute Gasteiger partial charge is 0.423 e. The van der Waals surface area contributed by atoms with Crippen molar-refractivity contribution in [2.75, 3.05) is 24.2 Å². The molecule has 0 aliphatic heterocycles. The lowest BCUT2D eigenvalue weighted by Crippen LogP contribution is -2.25. The summed E-state index contributed by atoms with van der Waals surface area (Å²) in [5.74, 6) is 0.641. The lowest BCUT2D eigenvalue weighted by Gasteiger charge is -2.09. The van der Waals surface area contributed by atoms with E-state index in [1.165, 1.54) is 0 Å². The topological polar surface area (TPSA) is 130 Å². The van der Waals surface area contributed by atoms with Gasteiger partial charge in [0.15, 0.2) is 0 Å². The van der Waals surface area contributed by atoms with Crippen LogP contribution < -0.4 is 21.1 Å². The summed E-state index contributed by atoms with van der Waals surface area (Å²) in [6, 6.07) is 19.2. The van der Waals surface area contributed by atoms with E-state index in [0.29, 0.717) is 36.4 Å². The smallest absolute Gasteiger partial charge is 0.343 e. The van der Waals surface area contributed by atoms with Crippen molar-refractivity contribution in [2.45, 2.75) is 17.9 Å². The monoisotopic (exact) mass is 509 g/mol. The zero-order valence-corrected chi connectivity index (χ0v) is 20.7. The molecule has 2 aromatic carbocycles. The van der Waals surface area contributed by atoms with Gasteiger partial charge in [-0.05, 0) is 77.9 Å². The Kier molecular flexibility index (Phi) is 10.5. The van der Waals surface area contributed by atoms with Crippen LogP contribution in [-0.4, -0.2) is 41.5 Å². The predicted molar refractivity (Wildman–Crippen MR) is 142 cm³/mol. The Morgan fingerprint density at radius 3 is 2.40 bits per heavy atom. The molecule has 10 heteroatoms. The number of benzene rings is 2. The molecule has 35 heavy (non-hydrogen) atoms. The second-order valence-corrected chi connectivity index (χ2v) is 9.79. The summed E-state index contributed by atoms with van der Waals surface area (Å²) in [7, 11) is 3.19. The number of nitrogens with two attached hydrogens (primary N) is 1. The maximum Gasteiger partial charge on any atom is 0.343 e. The van der Waals surface area contributed by atoms with Gasteiger partial charge in [-0.1, -0.05) is 16.9 Å². The Balaban J connectivity index is 1.28. The van der Waals surface area contributed by atoms with Gasteiger partial charge in [0.2, 0.25) is 5.91 Å². The molecule has 3 rings (SSSR count). The molecule has 1 amide bonds.